The molecule has 0 spiro atoms. The molecule has 0 saturated carbocycles. The van der Waals surface area contributed by atoms with Crippen LogP contribution in [-0.4, -0.2) is 32.6 Å². The van der Waals surface area contributed by atoms with Crippen LogP contribution < -0.4 is 10.1 Å². The zero-order chi connectivity index (χ0) is 19.1. The van der Waals surface area contributed by atoms with Gasteiger partial charge in [-0.2, -0.15) is 5.10 Å². The standard InChI is InChI=1S/C21H19N5O2/c1-12-6-7-15-16(10-12)24-18(23-15)8-9-22-21(27)20-14-11-28-17-5-3-2-4-13(17)19(14)25-26-20/h2-7,10H,8-9,11H2,1H3,(H,22,27)(H,23,24)(H,25,26). The maximum Gasteiger partial charge on any atom is 0.269 e. The number of carbonyl (C=O) groups excluding carboxylic acids is 1. The van der Waals surface area contributed by atoms with E-state index in [4.69, 9.17) is 4.74 Å². The summed E-state index contributed by atoms with van der Waals surface area (Å²) >= 11 is 0. The van der Waals surface area contributed by atoms with Gasteiger partial charge < -0.3 is 15.0 Å². The molecule has 0 fully saturated rings. The van der Waals surface area contributed by atoms with Crippen LogP contribution in [0.4, 0.5) is 0 Å². The van der Waals surface area contributed by atoms with E-state index >= 15 is 0 Å². The maximum absolute atomic E-state index is 12.6. The third-order valence-electron chi connectivity index (χ3n) is 4.94. The molecule has 0 unspecified atom stereocenters. The van der Waals surface area contributed by atoms with Gasteiger partial charge in [0.15, 0.2) is 0 Å². The first-order valence-corrected chi connectivity index (χ1v) is 9.22. The van der Waals surface area contributed by atoms with Crippen LogP contribution in [0.3, 0.4) is 0 Å². The third-order valence-corrected chi connectivity index (χ3v) is 4.94. The number of ether oxygens (including phenoxy) is 1. The Balaban J connectivity index is 1.28. The summed E-state index contributed by atoms with van der Waals surface area (Å²) in [6.45, 7) is 2.85. The normalized spacial score (nSPS) is 12.3. The van der Waals surface area contributed by atoms with Gasteiger partial charge in [0.2, 0.25) is 0 Å². The molecule has 3 heterocycles. The molecular formula is C21H19N5O2. The molecule has 28 heavy (non-hydrogen) atoms. The highest BCUT2D eigenvalue weighted by Crippen LogP contribution is 2.36. The van der Waals surface area contributed by atoms with Crippen molar-refractivity contribution in [2.24, 2.45) is 0 Å². The number of para-hydroxylation sites is 1. The first-order valence-electron chi connectivity index (χ1n) is 9.22. The van der Waals surface area contributed by atoms with Crippen LogP contribution in [0.2, 0.25) is 0 Å². The van der Waals surface area contributed by atoms with Crippen molar-refractivity contribution in [1.82, 2.24) is 25.5 Å². The predicted molar refractivity (Wildman–Crippen MR) is 105 cm³/mol. The van der Waals surface area contributed by atoms with E-state index in [1.165, 1.54) is 5.56 Å². The number of nitrogens with zero attached hydrogens (tertiary/aromatic N) is 2. The molecule has 3 N–H and O–H groups in total. The van der Waals surface area contributed by atoms with Crippen molar-refractivity contribution in [1.29, 1.82) is 0 Å². The van der Waals surface area contributed by atoms with E-state index < -0.39 is 0 Å². The van der Waals surface area contributed by atoms with Gasteiger partial charge >= 0.3 is 0 Å². The second-order valence-electron chi connectivity index (χ2n) is 6.92. The molecule has 7 heteroatoms. The number of rotatable bonds is 4. The fraction of sp³-hybridized carbons (Fsp3) is 0.190. The van der Waals surface area contributed by atoms with E-state index in [1.807, 2.05) is 43.3 Å². The summed E-state index contributed by atoms with van der Waals surface area (Å²) in [6.07, 6.45) is 0.620. The molecular weight excluding hydrogens is 354 g/mol. The first-order chi connectivity index (χ1) is 13.7. The highest BCUT2D eigenvalue weighted by molar-refractivity contribution is 5.96. The highest BCUT2D eigenvalue weighted by atomic mass is 16.5. The van der Waals surface area contributed by atoms with Crippen molar-refractivity contribution >= 4 is 16.9 Å². The number of imidazole rings is 1. The Morgan fingerprint density at radius 3 is 3.07 bits per heavy atom. The van der Waals surface area contributed by atoms with Gasteiger partial charge in [0.25, 0.3) is 5.91 Å². The first kappa shape index (κ1) is 16.6. The van der Waals surface area contributed by atoms with Crippen LogP contribution in [0.25, 0.3) is 22.3 Å². The van der Waals surface area contributed by atoms with E-state index in [-0.39, 0.29) is 5.91 Å². The summed E-state index contributed by atoms with van der Waals surface area (Å²) in [5.74, 6) is 1.45. The number of aryl methyl sites for hydroxylation is 1. The van der Waals surface area contributed by atoms with Gasteiger partial charge in [-0.1, -0.05) is 18.2 Å². The average molecular weight is 373 g/mol. The zero-order valence-corrected chi connectivity index (χ0v) is 15.4. The van der Waals surface area contributed by atoms with Gasteiger partial charge in [-0.05, 0) is 36.8 Å². The molecule has 0 aliphatic carbocycles. The monoisotopic (exact) mass is 373 g/mol. The summed E-state index contributed by atoms with van der Waals surface area (Å²) in [5, 5.41) is 10.1. The number of carbonyl (C=O) groups is 1. The maximum atomic E-state index is 12.6. The second-order valence-corrected chi connectivity index (χ2v) is 6.92. The van der Waals surface area contributed by atoms with Crippen LogP contribution in [0.5, 0.6) is 5.75 Å². The molecule has 7 nitrogen and oxygen atoms in total. The van der Waals surface area contributed by atoms with Crippen LogP contribution >= 0.6 is 0 Å². The molecule has 2 aromatic carbocycles. The van der Waals surface area contributed by atoms with Gasteiger partial charge in [0, 0.05) is 24.1 Å². The van der Waals surface area contributed by atoms with E-state index in [2.05, 4.69) is 31.5 Å². The lowest BCUT2D eigenvalue weighted by atomic mass is 10.0. The Morgan fingerprint density at radius 1 is 1.25 bits per heavy atom. The summed E-state index contributed by atoms with van der Waals surface area (Å²) in [4.78, 5) is 20.5. The van der Waals surface area contributed by atoms with Crippen molar-refractivity contribution in [3.05, 3.63) is 65.1 Å². The lowest BCUT2D eigenvalue weighted by molar-refractivity contribution is 0.0946. The number of aromatic amines is 2. The third kappa shape index (κ3) is 2.81. The average Bonchev–Trinajstić information content (AvgIpc) is 3.31. The van der Waals surface area contributed by atoms with Gasteiger partial charge in [-0.3, -0.25) is 9.89 Å². The predicted octanol–water partition coefficient (Wildman–Crippen LogP) is 3.13. The summed E-state index contributed by atoms with van der Waals surface area (Å²) in [5.41, 5.74) is 6.05. The Labute approximate surface area is 161 Å². The summed E-state index contributed by atoms with van der Waals surface area (Å²) < 4.78 is 5.76. The minimum absolute atomic E-state index is 0.191. The molecule has 5 rings (SSSR count). The van der Waals surface area contributed by atoms with E-state index in [0.717, 1.165) is 39.4 Å². The van der Waals surface area contributed by atoms with Gasteiger partial charge in [0.1, 0.15) is 29.6 Å². The van der Waals surface area contributed by atoms with Crippen molar-refractivity contribution < 1.29 is 9.53 Å². The lowest BCUT2D eigenvalue weighted by Crippen LogP contribution is -2.27. The number of benzene rings is 2. The fourth-order valence-corrected chi connectivity index (χ4v) is 3.53. The molecule has 2 aromatic heterocycles. The molecule has 0 atom stereocenters. The number of aromatic nitrogens is 4. The lowest BCUT2D eigenvalue weighted by Gasteiger charge is -2.17. The van der Waals surface area contributed by atoms with Crippen molar-refractivity contribution in [3.8, 4) is 17.0 Å². The molecule has 1 aliphatic heterocycles. The second kappa shape index (κ2) is 6.53. The number of H-pyrrole nitrogens is 2. The number of fused-ring (bicyclic) bond motifs is 4. The Hall–Kier alpha value is -3.61. The largest absolute Gasteiger partial charge is 0.488 e. The van der Waals surface area contributed by atoms with Gasteiger partial charge in [-0.25, -0.2) is 4.98 Å². The molecule has 4 aromatic rings. The smallest absolute Gasteiger partial charge is 0.269 e. The Bertz CT molecular complexity index is 1190. The molecule has 0 bridgehead atoms. The van der Waals surface area contributed by atoms with Crippen LogP contribution in [0.15, 0.2) is 42.5 Å². The van der Waals surface area contributed by atoms with Gasteiger partial charge in [-0.15, -0.1) is 0 Å². The molecule has 1 amide bonds. The van der Waals surface area contributed by atoms with E-state index in [9.17, 15) is 4.79 Å². The Morgan fingerprint density at radius 2 is 2.14 bits per heavy atom. The van der Waals surface area contributed by atoms with Crippen molar-refractivity contribution in [2.45, 2.75) is 20.0 Å². The number of hydrogen-bond acceptors (Lipinski definition) is 4. The van der Waals surface area contributed by atoms with Crippen LogP contribution in [-0.2, 0) is 13.0 Å². The highest BCUT2D eigenvalue weighted by Gasteiger charge is 2.26. The van der Waals surface area contributed by atoms with Gasteiger partial charge in [0.05, 0.1) is 11.0 Å². The molecule has 0 saturated heterocycles. The number of nitrogens with one attached hydrogen (secondary N) is 3. The molecule has 0 radical (unpaired) electrons. The minimum atomic E-state index is -0.191. The summed E-state index contributed by atoms with van der Waals surface area (Å²) in [7, 11) is 0. The fourth-order valence-electron chi connectivity index (χ4n) is 3.53. The summed E-state index contributed by atoms with van der Waals surface area (Å²) in [6, 6.07) is 13.8. The van der Waals surface area contributed by atoms with E-state index in [0.29, 0.717) is 25.3 Å². The topological polar surface area (TPSA) is 95.7 Å². The molecule has 140 valence electrons. The number of amides is 1. The molecule has 1 aliphatic rings. The van der Waals surface area contributed by atoms with Crippen LogP contribution in [0.1, 0.15) is 27.4 Å². The Kier molecular flexibility index (Phi) is 3.86. The van der Waals surface area contributed by atoms with Crippen molar-refractivity contribution in [2.75, 3.05) is 6.54 Å². The quantitative estimate of drug-likeness (QED) is 0.512. The van der Waals surface area contributed by atoms with Crippen molar-refractivity contribution in [3.63, 3.8) is 0 Å². The van der Waals surface area contributed by atoms with E-state index in [1.54, 1.807) is 0 Å². The number of hydrogen-bond donors (Lipinski definition) is 3. The minimum Gasteiger partial charge on any atom is -0.488 e. The SMILES string of the molecule is Cc1ccc2nc(CCNC(=O)c3[nH]nc4c3COc3ccccc3-4)[nH]c2c1. The zero-order valence-electron chi connectivity index (χ0n) is 15.4. The van der Waals surface area contributed by atoms with Crippen LogP contribution in [0, 0.1) is 6.92 Å².